The van der Waals surface area contributed by atoms with Crippen molar-refractivity contribution in [1.82, 2.24) is 14.5 Å². The summed E-state index contributed by atoms with van der Waals surface area (Å²) in [7, 11) is 1.81. The standard InChI is InChI=1S/C16H17N3O3S2/c1-4-21-10-7-6-9(8-11(10)22-5-2)13-17-14-12(15(20)18-13)24-16(23)19(14)3/h6-8H,4-5H2,1-3H3,(H,17,18,20). The highest BCUT2D eigenvalue weighted by atomic mass is 32.1. The van der Waals surface area contributed by atoms with Crippen molar-refractivity contribution in [2.45, 2.75) is 13.8 Å². The van der Waals surface area contributed by atoms with Crippen LogP contribution in [-0.4, -0.2) is 27.7 Å². The van der Waals surface area contributed by atoms with Crippen molar-refractivity contribution >= 4 is 33.9 Å². The predicted molar refractivity (Wildman–Crippen MR) is 97.8 cm³/mol. The lowest BCUT2D eigenvalue weighted by molar-refractivity contribution is 0.288. The molecule has 24 heavy (non-hydrogen) atoms. The molecule has 3 rings (SSSR count). The van der Waals surface area contributed by atoms with E-state index in [1.807, 2.05) is 32.0 Å². The number of hydrogen-bond acceptors (Lipinski definition) is 6. The Kier molecular flexibility index (Phi) is 4.68. The van der Waals surface area contributed by atoms with E-state index in [0.29, 0.717) is 44.8 Å². The maximum Gasteiger partial charge on any atom is 0.270 e. The molecule has 126 valence electrons. The molecule has 0 aliphatic carbocycles. The van der Waals surface area contributed by atoms with Crippen LogP contribution >= 0.6 is 23.6 Å². The normalized spacial score (nSPS) is 11.0. The lowest BCUT2D eigenvalue weighted by atomic mass is 10.2. The van der Waals surface area contributed by atoms with Crippen molar-refractivity contribution < 1.29 is 9.47 Å². The highest BCUT2D eigenvalue weighted by molar-refractivity contribution is 7.73. The largest absolute Gasteiger partial charge is 0.490 e. The molecular formula is C16H17N3O3S2. The Bertz CT molecular complexity index is 1000. The number of nitrogens with zero attached hydrogens (tertiary/aromatic N) is 2. The molecule has 1 N–H and O–H groups in total. The second-order valence-corrected chi connectivity index (χ2v) is 6.67. The van der Waals surface area contributed by atoms with Crippen LogP contribution in [0.25, 0.3) is 21.7 Å². The Hall–Kier alpha value is -2.19. The van der Waals surface area contributed by atoms with E-state index in [9.17, 15) is 4.79 Å². The fraction of sp³-hybridized carbons (Fsp3) is 0.312. The number of H-pyrrole nitrogens is 1. The fourth-order valence-corrected chi connectivity index (χ4v) is 3.50. The van der Waals surface area contributed by atoms with Crippen LogP contribution in [0.5, 0.6) is 11.5 Å². The lowest BCUT2D eigenvalue weighted by Gasteiger charge is -2.12. The first-order valence-corrected chi connectivity index (χ1v) is 8.77. The molecule has 0 saturated carbocycles. The third-order valence-corrected chi connectivity index (χ3v) is 5.00. The summed E-state index contributed by atoms with van der Waals surface area (Å²) in [4.78, 5) is 19.7. The van der Waals surface area contributed by atoms with Crippen LogP contribution < -0.4 is 15.0 Å². The maximum atomic E-state index is 12.3. The van der Waals surface area contributed by atoms with Gasteiger partial charge in [0.05, 0.1) is 13.2 Å². The minimum atomic E-state index is -0.196. The molecule has 8 heteroatoms. The predicted octanol–water partition coefficient (Wildman–Crippen LogP) is 3.52. The summed E-state index contributed by atoms with van der Waals surface area (Å²) < 4.78 is 14.1. The van der Waals surface area contributed by atoms with Crippen LogP contribution in [0.2, 0.25) is 0 Å². The summed E-state index contributed by atoms with van der Waals surface area (Å²) in [6.45, 7) is 4.89. The van der Waals surface area contributed by atoms with Crippen LogP contribution in [0.15, 0.2) is 23.0 Å². The van der Waals surface area contributed by atoms with Gasteiger partial charge < -0.3 is 19.0 Å². The number of aromatic amines is 1. The average molecular weight is 363 g/mol. The number of aryl methyl sites for hydroxylation is 1. The fourth-order valence-electron chi connectivity index (χ4n) is 2.35. The molecule has 6 nitrogen and oxygen atoms in total. The summed E-state index contributed by atoms with van der Waals surface area (Å²) in [6, 6.07) is 5.48. The van der Waals surface area contributed by atoms with Crippen LogP contribution in [0.1, 0.15) is 13.8 Å². The number of rotatable bonds is 5. The van der Waals surface area contributed by atoms with Crippen molar-refractivity contribution in [1.29, 1.82) is 0 Å². The van der Waals surface area contributed by atoms with Gasteiger partial charge in [0, 0.05) is 12.6 Å². The van der Waals surface area contributed by atoms with Gasteiger partial charge in [-0.1, -0.05) is 11.3 Å². The van der Waals surface area contributed by atoms with E-state index in [4.69, 9.17) is 21.7 Å². The summed E-state index contributed by atoms with van der Waals surface area (Å²) in [5.74, 6) is 1.76. The number of hydrogen-bond donors (Lipinski definition) is 1. The smallest absolute Gasteiger partial charge is 0.270 e. The van der Waals surface area contributed by atoms with Gasteiger partial charge in [0.25, 0.3) is 5.56 Å². The Morgan fingerprint density at radius 1 is 1.25 bits per heavy atom. The molecule has 0 amide bonds. The average Bonchev–Trinajstić information content (AvgIpc) is 2.85. The van der Waals surface area contributed by atoms with Crippen LogP contribution in [0.3, 0.4) is 0 Å². The number of aromatic nitrogens is 3. The molecule has 0 unspecified atom stereocenters. The molecule has 2 heterocycles. The van der Waals surface area contributed by atoms with Gasteiger partial charge in [-0.05, 0) is 44.3 Å². The number of ether oxygens (including phenoxy) is 2. The molecule has 0 aliphatic rings. The summed E-state index contributed by atoms with van der Waals surface area (Å²) in [5, 5.41) is 0. The minimum absolute atomic E-state index is 0.196. The van der Waals surface area contributed by atoms with Crippen molar-refractivity contribution in [3.05, 3.63) is 32.5 Å². The highest BCUT2D eigenvalue weighted by Gasteiger charge is 2.13. The van der Waals surface area contributed by atoms with Crippen molar-refractivity contribution in [2.75, 3.05) is 13.2 Å². The molecule has 2 aromatic heterocycles. The van der Waals surface area contributed by atoms with E-state index in [0.717, 1.165) is 5.56 Å². The Morgan fingerprint density at radius 3 is 2.67 bits per heavy atom. The molecule has 1 aromatic carbocycles. The number of benzene rings is 1. The van der Waals surface area contributed by atoms with Crippen LogP contribution in [0.4, 0.5) is 0 Å². The zero-order valence-corrected chi connectivity index (χ0v) is 15.2. The van der Waals surface area contributed by atoms with E-state index >= 15 is 0 Å². The van der Waals surface area contributed by atoms with Gasteiger partial charge in [0.1, 0.15) is 10.5 Å². The Balaban J connectivity index is 2.16. The molecule has 0 aliphatic heterocycles. The maximum absolute atomic E-state index is 12.3. The van der Waals surface area contributed by atoms with Gasteiger partial charge in [-0.3, -0.25) is 4.79 Å². The first kappa shape index (κ1) is 16.7. The molecular weight excluding hydrogens is 346 g/mol. The van der Waals surface area contributed by atoms with Crippen molar-refractivity contribution in [3.8, 4) is 22.9 Å². The monoisotopic (exact) mass is 363 g/mol. The Labute approximate surface area is 147 Å². The van der Waals surface area contributed by atoms with E-state index in [1.165, 1.54) is 11.3 Å². The molecule has 0 bridgehead atoms. The molecule has 0 radical (unpaired) electrons. The van der Waals surface area contributed by atoms with Gasteiger partial charge in [0.2, 0.25) is 0 Å². The summed E-state index contributed by atoms with van der Waals surface area (Å²) >= 11 is 6.48. The zero-order chi connectivity index (χ0) is 17.3. The topological polar surface area (TPSA) is 69.1 Å². The van der Waals surface area contributed by atoms with Crippen molar-refractivity contribution in [2.24, 2.45) is 7.05 Å². The molecule has 3 aromatic rings. The molecule has 0 fully saturated rings. The second-order valence-electron chi connectivity index (χ2n) is 5.02. The first-order valence-electron chi connectivity index (χ1n) is 7.55. The van der Waals surface area contributed by atoms with Gasteiger partial charge in [-0.25, -0.2) is 4.98 Å². The summed E-state index contributed by atoms with van der Waals surface area (Å²) in [6.07, 6.45) is 0. The Morgan fingerprint density at radius 2 is 1.96 bits per heavy atom. The van der Waals surface area contributed by atoms with E-state index in [2.05, 4.69) is 9.97 Å². The quantitative estimate of drug-likeness (QED) is 0.703. The highest BCUT2D eigenvalue weighted by Crippen LogP contribution is 2.32. The zero-order valence-electron chi connectivity index (χ0n) is 13.6. The van der Waals surface area contributed by atoms with Crippen LogP contribution in [-0.2, 0) is 7.05 Å². The minimum Gasteiger partial charge on any atom is -0.490 e. The number of nitrogens with one attached hydrogen (secondary N) is 1. The lowest BCUT2D eigenvalue weighted by Crippen LogP contribution is -2.09. The third kappa shape index (κ3) is 2.94. The van der Waals surface area contributed by atoms with E-state index in [-0.39, 0.29) is 5.56 Å². The van der Waals surface area contributed by atoms with E-state index in [1.54, 1.807) is 11.6 Å². The number of thiazole rings is 1. The summed E-state index contributed by atoms with van der Waals surface area (Å²) in [5.41, 5.74) is 1.13. The van der Waals surface area contributed by atoms with Gasteiger partial charge in [-0.2, -0.15) is 0 Å². The molecule has 0 atom stereocenters. The van der Waals surface area contributed by atoms with Crippen LogP contribution in [0, 0.1) is 3.95 Å². The second kappa shape index (κ2) is 6.74. The third-order valence-electron chi connectivity index (χ3n) is 3.46. The van der Waals surface area contributed by atoms with Gasteiger partial charge in [-0.15, -0.1) is 0 Å². The van der Waals surface area contributed by atoms with E-state index < -0.39 is 0 Å². The van der Waals surface area contributed by atoms with Gasteiger partial charge >= 0.3 is 0 Å². The van der Waals surface area contributed by atoms with Gasteiger partial charge in [0.15, 0.2) is 21.1 Å². The number of fused-ring (bicyclic) bond motifs is 1. The molecule has 0 spiro atoms. The first-order chi connectivity index (χ1) is 11.5. The molecule has 0 saturated heterocycles. The SMILES string of the molecule is CCOc1ccc(-c2nc3c(sc(=S)n3C)c(=O)[nH]2)cc1OCC. The van der Waals surface area contributed by atoms with Crippen molar-refractivity contribution in [3.63, 3.8) is 0 Å².